The average Bonchev–Trinajstić information content (AvgIpc) is 3.42. The van der Waals surface area contributed by atoms with Crippen LogP contribution in [-0.4, -0.2) is 30.4 Å². The number of rotatable bonds is 7. The quantitative estimate of drug-likeness (QED) is 0.442. The third-order valence-corrected chi connectivity index (χ3v) is 4.76. The van der Waals surface area contributed by atoms with E-state index in [1.165, 1.54) is 4.90 Å². The Morgan fingerprint density at radius 2 is 1.83 bits per heavy atom. The van der Waals surface area contributed by atoms with Gasteiger partial charge in [0.2, 0.25) is 0 Å². The summed E-state index contributed by atoms with van der Waals surface area (Å²) >= 11 is 1.69. The minimum atomic E-state index is -0.455. The van der Waals surface area contributed by atoms with Crippen LogP contribution in [0.4, 0.5) is 0 Å². The van der Waals surface area contributed by atoms with Gasteiger partial charge in [-0.15, -0.1) is 11.8 Å². The van der Waals surface area contributed by atoms with Gasteiger partial charge in [0.1, 0.15) is 19.0 Å². The molecule has 120 valence electrons. The summed E-state index contributed by atoms with van der Waals surface area (Å²) in [7, 11) is 0. The Labute approximate surface area is 140 Å². The summed E-state index contributed by atoms with van der Waals surface area (Å²) in [5.41, 5.74) is 0.536. The molecular weight excluding hydrogens is 310 g/mol. The second-order valence-electron chi connectivity index (χ2n) is 5.48. The van der Waals surface area contributed by atoms with Gasteiger partial charge in [0.15, 0.2) is 0 Å². The average molecular weight is 329 g/mol. The zero-order valence-electron chi connectivity index (χ0n) is 13.0. The van der Waals surface area contributed by atoms with Crippen LogP contribution in [0.1, 0.15) is 18.4 Å². The lowest BCUT2D eigenvalue weighted by Gasteiger charge is -2.15. The SMILES string of the molecule is CSc1ccc(OCCOC(=O)C2(c3ccncc3)CC2)cc1. The van der Waals surface area contributed by atoms with Crippen molar-refractivity contribution >= 4 is 17.7 Å². The monoisotopic (exact) mass is 329 g/mol. The van der Waals surface area contributed by atoms with Crippen molar-refractivity contribution in [3.63, 3.8) is 0 Å². The molecule has 1 aromatic heterocycles. The van der Waals surface area contributed by atoms with Gasteiger partial charge in [0, 0.05) is 17.3 Å². The van der Waals surface area contributed by atoms with Crippen molar-refractivity contribution in [3.8, 4) is 5.75 Å². The molecule has 0 spiro atoms. The van der Waals surface area contributed by atoms with Crippen LogP contribution in [0.2, 0.25) is 0 Å². The summed E-state index contributed by atoms with van der Waals surface area (Å²) < 4.78 is 11.0. The number of thioether (sulfide) groups is 1. The van der Waals surface area contributed by atoms with Crippen LogP contribution >= 0.6 is 11.8 Å². The van der Waals surface area contributed by atoms with E-state index in [0.717, 1.165) is 24.2 Å². The van der Waals surface area contributed by atoms with Crippen LogP contribution < -0.4 is 4.74 Å². The van der Waals surface area contributed by atoms with Gasteiger partial charge < -0.3 is 9.47 Å². The van der Waals surface area contributed by atoms with E-state index >= 15 is 0 Å². The molecule has 23 heavy (non-hydrogen) atoms. The van der Waals surface area contributed by atoms with E-state index in [4.69, 9.17) is 9.47 Å². The van der Waals surface area contributed by atoms with E-state index in [-0.39, 0.29) is 12.6 Å². The topological polar surface area (TPSA) is 48.4 Å². The number of benzene rings is 1. The Morgan fingerprint density at radius 3 is 2.43 bits per heavy atom. The molecule has 0 N–H and O–H groups in total. The first-order chi connectivity index (χ1) is 11.2. The van der Waals surface area contributed by atoms with E-state index in [0.29, 0.717) is 6.61 Å². The van der Waals surface area contributed by atoms with Gasteiger partial charge in [0.05, 0.1) is 5.41 Å². The Morgan fingerprint density at radius 1 is 1.13 bits per heavy atom. The molecule has 1 heterocycles. The summed E-state index contributed by atoms with van der Waals surface area (Å²) in [5, 5.41) is 0. The van der Waals surface area contributed by atoms with E-state index in [9.17, 15) is 4.79 Å². The highest BCUT2D eigenvalue weighted by atomic mass is 32.2. The normalized spacial score (nSPS) is 15.0. The van der Waals surface area contributed by atoms with E-state index < -0.39 is 5.41 Å². The van der Waals surface area contributed by atoms with E-state index in [1.807, 2.05) is 42.7 Å². The van der Waals surface area contributed by atoms with Gasteiger partial charge in [-0.1, -0.05) is 0 Å². The number of hydrogen-bond acceptors (Lipinski definition) is 5. The number of ether oxygens (including phenoxy) is 2. The fraction of sp³-hybridized carbons (Fsp3) is 0.333. The molecule has 1 aromatic carbocycles. The van der Waals surface area contributed by atoms with Crippen molar-refractivity contribution < 1.29 is 14.3 Å². The Hall–Kier alpha value is -2.01. The molecule has 1 saturated carbocycles. The first kappa shape index (κ1) is 15.9. The van der Waals surface area contributed by atoms with Gasteiger partial charge >= 0.3 is 5.97 Å². The minimum Gasteiger partial charge on any atom is -0.490 e. The third-order valence-electron chi connectivity index (χ3n) is 4.02. The molecule has 0 amide bonds. The first-order valence-electron chi connectivity index (χ1n) is 7.59. The summed E-state index contributed by atoms with van der Waals surface area (Å²) in [6.07, 6.45) is 7.14. The van der Waals surface area contributed by atoms with Crippen LogP contribution in [0.3, 0.4) is 0 Å². The highest BCUT2D eigenvalue weighted by Crippen LogP contribution is 2.48. The lowest BCUT2D eigenvalue weighted by Crippen LogP contribution is -2.25. The molecule has 4 nitrogen and oxygen atoms in total. The fourth-order valence-corrected chi connectivity index (χ4v) is 2.92. The number of nitrogens with zero attached hydrogens (tertiary/aromatic N) is 1. The summed E-state index contributed by atoms with van der Waals surface area (Å²) in [4.78, 5) is 17.5. The predicted molar refractivity (Wildman–Crippen MR) is 89.8 cm³/mol. The molecule has 3 rings (SSSR count). The summed E-state index contributed by atoms with van der Waals surface area (Å²) in [5.74, 6) is 0.624. The van der Waals surface area contributed by atoms with Crippen molar-refractivity contribution in [1.82, 2.24) is 4.98 Å². The van der Waals surface area contributed by atoms with E-state index in [2.05, 4.69) is 4.98 Å². The van der Waals surface area contributed by atoms with Crippen LogP contribution in [0.5, 0.6) is 5.75 Å². The maximum absolute atomic E-state index is 12.3. The summed E-state index contributed by atoms with van der Waals surface area (Å²) in [6, 6.07) is 11.6. The molecule has 1 aliphatic carbocycles. The molecule has 2 aromatic rings. The lowest BCUT2D eigenvalue weighted by molar-refractivity contribution is -0.147. The number of aromatic nitrogens is 1. The lowest BCUT2D eigenvalue weighted by atomic mass is 9.97. The number of carbonyl (C=O) groups excluding carboxylic acids is 1. The molecule has 0 saturated heterocycles. The Balaban J connectivity index is 1.46. The van der Waals surface area contributed by atoms with E-state index in [1.54, 1.807) is 24.2 Å². The second-order valence-corrected chi connectivity index (χ2v) is 6.36. The van der Waals surface area contributed by atoms with Gasteiger partial charge in [-0.3, -0.25) is 9.78 Å². The predicted octanol–water partition coefficient (Wildman–Crippen LogP) is 3.46. The van der Waals surface area contributed by atoms with Crippen molar-refractivity contribution in [2.45, 2.75) is 23.2 Å². The number of pyridine rings is 1. The standard InChI is InChI=1S/C18H19NO3S/c1-23-16-4-2-15(3-5-16)21-12-13-22-17(20)18(8-9-18)14-6-10-19-11-7-14/h2-7,10-11H,8-9,12-13H2,1H3. The molecule has 0 unspecified atom stereocenters. The smallest absolute Gasteiger partial charge is 0.316 e. The number of esters is 1. The molecule has 0 aliphatic heterocycles. The minimum absolute atomic E-state index is 0.162. The maximum Gasteiger partial charge on any atom is 0.316 e. The Bertz CT molecular complexity index is 654. The maximum atomic E-state index is 12.3. The van der Waals surface area contributed by atoms with Crippen LogP contribution in [0, 0.1) is 0 Å². The second kappa shape index (κ2) is 7.04. The largest absolute Gasteiger partial charge is 0.490 e. The van der Waals surface area contributed by atoms with Crippen molar-refractivity contribution in [3.05, 3.63) is 54.4 Å². The van der Waals surface area contributed by atoms with Crippen molar-refractivity contribution in [2.75, 3.05) is 19.5 Å². The zero-order valence-corrected chi connectivity index (χ0v) is 13.8. The van der Waals surface area contributed by atoms with Crippen molar-refractivity contribution in [2.24, 2.45) is 0 Å². The summed E-state index contributed by atoms with van der Waals surface area (Å²) in [6.45, 7) is 0.618. The molecule has 0 radical (unpaired) electrons. The van der Waals surface area contributed by atoms with Crippen molar-refractivity contribution in [1.29, 1.82) is 0 Å². The van der Waals surface area contributed by atoms with Gasteiger partial charge in [-0.2, -0.15) is 0 Å². The number of carbonyl (C=O) groups is 1. The van der Waals surface area contributed by atoms with Gasteiger partial charge in [-0.05, 0) is 61.1 Å². The van der Waals surface area contributed by atoms with Crippen LogP contribution in [-0.2, 0) is 14.9 Å². The molecule has 5 heteroatoms. The number of hydrogen-bond donors (Lipinski definition) is 0. The molecule has 1 fully saturated rings. The molecular formula is C18H19NO3S. The molecule has 1 aliphatic rings. The Kier molecular flexibility index (Phi) is 4.86. The highest BCUT2D eigenvalue weighted by molar-refractivity contribution is 7.98. The van der Waals surface area contributed by atoms with Gasteiger partial charge in [0.25, 0.3) is 0 Å². The third kappa shape index (κ3) is 3.67. The zero-order chi connectivity index (χ0) is 16.1. The van der Waals surface area contributed by atoms with Gasteiger partial charge in [-0.25, -0.2) is 0 Å². The first-order valence-corrected chi connectivity index (χ1v) is 8.82. The van der Waals surface area contributed by atoms with Crippen LogP contribution in [0.15, 0.2) is 53.7 Å². The molecule has 0 atom stereocenters. The van der Waals surface area contributed by atoms with Crippen LogP contribution in [0.25, 0.3) is 0 Å². The highest BCUT2D eigenvalue weighted by Gasteiger charge is 2.52. The molecule has 0 bridgehead atoms. The fourth-order valence-electron chi connectivity index (χ4n) is 2.51.